The molecule has 0 spiro atoms. The number of hydrogen-bond acceptors (Lipinski definition) is 3. The Morgan fingerprint density at radius 2 is 2.12 bits per heavy atom. The fourth-order valence-electron chi connectivity index (χ4n) is 1.65. The Kier molecular flexibility index (Phi) is 6.84. The summed E-state index contributed by atoms with van der Waals surface area (Å²) in [5.41, 5.74) is 0. The van der Waals surface area contributed by atoms with Crippen LogP contribution in [-0.4, -0.2) is 41.7 Å². The Morgan fingerprint density at radius 3 is 2.76 bits per heavy atom. The van der Waals surface area contributed by atoms with Gasteiger partial charge < -0.3 is 15.7 Å². The van der Waals surface area contributed by atoms with Crippen molar-refractivity contribution < 1.29 is 14.7 Å². The molecule has 2 amide bonds. The number of thioether (sulfide) groups is 1. The molecule has 0 aliphatic carbocycles. The predicted molar refractivity (Wildman–Crippen MR) is 68.3 cm³/mol. The molecule has 1 aliphatic rings. The molecule has 98 valence electrons. The van der Waals surface area contributed by atoms with E-state index >= 15 is 0 Å². The standard InChI is InChI=1S/C11H20N2O3S/c14-10(15)3-1-2-5-12-11(16)13-7-9-4-6-17-8-9/h9H,1-8H2,(H,14,15)(H2,12,13,16). The zero-order valence-electron chi connectivity index (χ0n) is 9.91. The fraction of sp³-hybridized carbons (Fsp3) is 0.818. The normalized spacial score (nSPS) is 18.9. The maximum atomic E-state index is 11.4. The van der Waals surface area contributed by atoms with Crippen LogP contribution in [0.25, 0.3) is 0 Å². The van der Waals surface area contributed by atoms with Gasteiger partial charge in [-0.3, -0.25) is 4.79 Å². The zero-order chi connectivity index (χ0) is 12.5. The molecule has 0 radical (unpaired) electrons. The van der Waals surface area contributed by atoms with Crippen molar-refractivity contribution in [1.29, 1.82) is 0 Å². The molecule has 0 bridgehead atoms. The summed E-state index contributed by atoms with van der Waals surface area (Å²) in [4.78, 5) is 21.6. The summed E-state index contributed by atoms with van der Waals surface area (Å²) in [5.74, 6) is 2.16. The van der Waals surface area contributed by atoms with Gasteiger partial charge in [0.2, 0.25) is 0 Å². The second-order valence-electron chi connectivity index (χ2n) is 4.22. The van der Waals surface area contributed by atoms with Gasteiger partial charge in [-0.1, -0.05) is 0 Å². The van der Waals surface area contributed by atoms with Crippen LogP contribution in [0.3, 0.4) is 0 Å². The Bertz CT molecular complexity index is 255. The lowest BCUT2D eigenvalue weighted by molar-refractivity contribution is -0.137. The fourth-order valence-corrected chi connectivity index (χ4v) is 2.93. The van der Waals surface area contributed by atoms with Crippen molar-refractivity contribution in [2.75, 3.05) is 24.6 Å². The maximum absolute atomic E-state index is 11.4. The van der Waals surface area contributed by atoms with Gasteiger partial charge in [0, 0.05) is 19.5 Å². The Morgan fingerprint density at radius 1 is 1.29 bits per heavy atom. The number of rotatable bonds is 7. The quantitative estimate of drug-likeness (QED) is 0.603. The van der Waals surface area contributed by atoms with Crippen molar-refractivity contribution >= 4 is 23.8 Å². The van der Waals surface area contributed by atoms with Gasteiger partial charge in [0.25, 0.3) is 0 Å². The van der Waals surface area contributed by atoms with Crippen molar-refractivity contribution in [2.24, 2.45) is 5.92 Å². The molecule has 6 heteroatoms. The monoisotopic (exact) mass is 260 g/mol. The second-order valence-corrected chi connectivity index (χ2v) is 5.37. The molecule has 0 aromatic rings. The molecule has 1 saturated heterocycles. The zero-order valence-corrected chi connectivity index (χ0v) is 10.7. The molecule has 1 rings (SSSR count). The van der Waals surface area contributed by atoms with E-state index in [4.69, 9.17) is 5.11 Å². The van der Waals surface area contributed by atoms with Crippen LogP contribution in [0.1, 0.15) is 25.7 Å². The van der Waals surface area contributed by atoms with Crippen LogP contribution in [0.5, 0.6) is 0 Å². The van der Waals surface area contributed by atoms with E-state index < -0.39 is 5.97 Å². The predicted octanol–water partition coefficient (Wildman–Crippen LogP) is 1.29. The highest BCUT2D eigenvalue weighted by molar-refractivity contribution is 7.99. The molecule has 0 saturated carbocycles. The van der Waals surface area contributed by atoms with Crippen molar-refractivity contribution in [2.45, 2.75) is 25.7 Å². The second kappa shape index (κ2) is 8.22. The number of carbonyl (C=O) groups excluding carboxylic acids is 1. The number of aliphatic carboxylic acids is 1. The van der Waals surface area contributed by atoms with Gasteiger partial charge in [-0.15, -0.1) is 0 Å². The number of hydrogen-bond donors (Lipinski definition) is 3. The van der Waals surface area contributed by atoms with Gasteiger partial charge in [0.15, 0.2) is 0 Å². The minimum atomic E-state index is -0.784. The minimum Gasteiger partial charge on any atom is -0.481 e. The van der Waals surface area contributed by atoms with E-state index in [1.54, 1.807) is 0 Å². The van der Waals surface area contributed by atoms with Crippen molar-refractivity contribution in [1.82, 2.24) is 10.6 Å². The van der Waals surface area contributed by atoms with Crippen LogP contribution < -0.4 is 10.6 Å². The van der Waals surface area contributed by atoms with Crippen molar-refractivity contribution in [3.05, 3.63) is 0 Å². The number of carbonyl (C=O) groups is 2. The van der Waals surface area contributed by atoms with E-state index in [0.717, 1.165) is 12.3 Å². The lowest BCUT2D eigenvalue weighted by Crippen LogP contribution is -2.38. The van der Waals surface area contributed by atoms with Gasteiger partial charge >= 0.3 is 12.0 Å². The third-order valence-electron chi connectivity index (χ3n) is 2.68. The Hall–Kier alpha value is -0.910. The molecule has 3 N–H and O–H groups in total. The number of carboxylic acid groups (broad SMARTS) is 1. The average molecular weight is 260 g/mol. The number of nitrogens with one attached hydrogen (secondary N) is 2. The summed E-state index contributed by atoms with van der Waals surface area (Å²) in [7, 11) is 0. The van der Waals surface area contributed by atoms with E-state index in [9.17, 15) is 9.59 Å². The van der Waals surface area contributed by atoms with E-state index in [0.29, 0.717) is 25.3 Å². The Labute approximate surface area is 106 Å². The topological polar surface area (TPSA) is 78.4 Å². The number of urea groups is 1. The third kappa shape index (κ3) is 7.10. The first-order chi connectivity index (χ1) is 8.18. The van der Waals surface area contributed by atoms with Gasteiger partial charge in [-0.05, 0) is 36.7 Å². The summed E-state index contributed by atoms with van der Waals surface area (Å²) >= 11 is 1.93. The molecule has 0 aromatic carbocycles. The molecule has 5 nitrogen and oxygen atoms in total. The maximum Gasteiger partial charge on any atom is 0.314 e. The van der Waals surface area contributed by atoms with Crippen LogP contribution in [0.4, 0.5) is 4.79 Å². The summed E-state index contributed by atoms with van der Waals surface area (Å²) < 4.78 is 0. The van der Waals surface area contributed by atoms with Gasteiger partial charge in [0.05, 0.1) is 0 Å². The molecular weight excluding hydrogens is 240 g/mol. The molecule has 0 aromatic heterocycles. The minimum absolute atomic E-state index is 0.141. The summed E-state index contributed by atoms with van der Waals surface area (Å²) in [6.45, 7) is 1.28. The first kappa shape index (κ1) is 14.2. The van der Waals surface area contributed by atoms with Gasteiger partial charge in [0.1, 0.15) is 0 Å². The largest absolute Gasteiger partial charge is 0.481 e. The number of amides is 2. The first-order valence-corrected chi connectivity index (χ1v) is 7.15. The van der Waals surface area contributed by atoms with E-state index in [-0.39, 0.29) is 12.5 Å². The number of unbranched alkanes of at least 4 members (excludes halogenated alkanes) is 1. The smallest absolute Gasteiger partial charge is 0.314 e. The van der Waals surface area contributed by atoms with Crippen molar-refractivity contribution in [3.8, 4) is 0 Å². The van der Waals surface area contributed by atoms with Crippen LogP contribution >= 0.6 is 11.8 Å². The number of carboxylic acids is 1. The highest BCUT2D eigenvalue weighted by atomic mass is 32.2. The lowest BCUT2D eigenvalue weighted by atomic mass is 10.1. The third-order valence-corrected chi connectivity index (χ3v) is 3.91. The summed E-state index contributed by atoms with van der Waals surface area (Å²) in [6.07, 6.45) is 2.67. The molecule has 1 fully saturated rings. The van der Waals surface area contributed by atoms with E-state index in [1.807, 2.05) is 11.8 Å². The van der Waals surface area contributed by atoms with Crippen molar-refractivity contribution in [3.63, 3.8) is 0 Å². The highest BCUT2D eigenvalue weighted by Gasteiger charge is 2.15. The van der Waals surface area contributed by atoms with E-state index in [1.165, 1.54) is 12.2 Å². The summed E-state index contributed by atoms with van der Waals surface area (Å²) in [5, 5.41) is 14.0. The van der Waals surface area contributed by atoms with Crippen LogP contribution in [0, 0.1) is 5.92 Å². The summed E-state index contributed by atoms with van der Waals surface area (Å²) in [6, 6.07) is -0.141. The molecular formula is C11H20N2O3S. The SMILES string of the molecule is O=C(O)CCCCNC(=O)NCC1CCSC1. The molecule has 1 heterocycles. The molecule has 1 aliphatic heterocycles. The lowest BCUT2D eigenvalue weighted by Gasteiger charge is -2.10. The van der Waals surface area contributed by atoms with Crippen LogP contribution in [0.15, 0.2) is 0 Å². The van der Waals surface area contributed by atoms with Gasteiger partial charge in [-0.25, -0.2) is 4.79 Å². The highest BCUT2D eigenvalue weighted by Crippen LogP contribution is 2.22. The van der Waals surface area contributed by atoms with Crippen LogP contribution in [0.2, 0.25) is 0 Å². The molecule has 1 unspecified atom stereocenters. The van der Waals surface area contributed by atoms with E-state index in [2.05, 4.69) is 10.6 Å². The first-order valence-electron chi connectivity index (χ1n) is 5.99. The van der Waals surface area contributed by atoms with Gasteiger partial charge in [-0.2, -0.15) is 11.8 Å². The molecule has 17 heavy (non-hydrogen) atoms. The van der Waals surface area contributed by atoms with Crippen LogP contribution in [-0.2, 0) is 4.79 Å². The average Bonchev–Trinajstić information content (AvgIpc) is 2.78. The Balaban J connectivity index is 1.92. The molecule has 1 atom stereocenters.